The zero-order valence-electron chi connectivity index (χ0n) is 16.5. The fourth-order valence-corrected chi connectivity index (χ4v) is 5.02. The molecule has 0 aliphatic carbocycles. The Kier molecular flexibility index (Phi) is 7.06. The molecule has 2 amide bonds. The molecule has 0 saturated carbocycles. The number of piperazine rings is 1. The van der Waals surface area contributed by atoms with E-state index in [1.807, 2.05) is 35.2 Å². The third-order valence-electron chi connectivity index (χ3n) is 4.69. The van der Waals surface area contributed by atoms with E-state index < -0.39 is 0 Å². The fraction of sp³-hybridized carbons (Fsp3) is 0.238. The number of hydrogen-bond donors (Lipinski definition) is 1. The van der Waals surface area contributed by atoms with Crippen molar-refractivity contribution < 1.29 is 9.59 Å². The van der Waals surface area contributed by atoms with Crippen LogP contribution in [0.1, 0.15) is 10.4 Å². The van der Waals surface area contributed by atoms with Crippen LogP contribution in [0.15, 0.2) is 58.9 Å². The summed E-state index contributed by atoms with van der Waals surface area (Å²) in [7, 11) is 0. The van der Waals surface area contributed by atoms with Crippen LogP contribution in [0.2, 0.25) is 5.02 Å². The van der Waals surface area contributed by atoms with Gasteiger partial charge in [0.15, 0.2) is 4.34 Å². The maximum absolute atomic E-state index is 12.7. The van der Waals surface area contributed by atoms with Gasteiger partial charge >= 0.3 is 0 Å². The number of thioether (sulfide) groups is 1. The number of carbonyl (C=O) groups excluding carboxylic acids is 2. The fourth-order valence-electron chi connectivity index (χ4n) is 3.14. The number of aromatic nitrogens is 2. The van der Waals surface area contributed by atoms with Gasteiger partial charge in [-0.3, -0.25) is 9.59 Å². The number of benzene rings is 2. The number of nitrogens with zero attached hydrogens (tertiary/aromatic N) is 4. The van der Waals surface area contributed by atoms with Gasteiger partial charge in [0.25, 0.3) is 5.91 Å². The Balaban J connectivity index is 1.26. The summed E-state index contributed by atoms with van der Waals surface area (Å²) in [6.45, 7) is 2.57. The van der Waals surface area contributed by atoms with Crippen molar-refractivity contribution in [2.75, 3.05) is 42.1 Å². The predicted molar refractivity (Wildman–Crippen MR) is 125 cm³/mol. The Morgan fingerprint density at radius 1 is 1.03 bits per heavy atom. The highest BCUT2D eigenvalue weighted by Crippen LogP contribution is 2.29. The van der Waals surface area contributed by atoms with Gasteiger partial charge in [-0.05, 0) is 30.3 Å². The molecule has 7 nitrogen and oxygen atoms in total. The number of halogens is 1. The molecular formula is C21H20ClN5O2S2. The third-order valence-corrected chi connectivity index (χ3v) is 7.04. The van der Waals surface area contributed by atoms with Crippen molar-refractivity contribution in [2.24, 2.45) is 0 Å². The lowest BCUT2D eigenvalue weighted by atomic mass is 10.2. The summed E-state index contributed by atoms with van der Waals surface area (Å²) >= 11 is 8.83. The van der Waals surface area contributed by atoms with Gasteiger partial charge < -0.3 is 15.1 Å². The minimum absolute atomic E-state index is 0.0138. The Bertz CT molecular complexity index is 1050. The van der Waals surface area contributed by atoms with Crippen LogP contribution in [0.4, 0.5) is 10.8 Å². The molecule has 2 heterocycles. The number of anilines is 2. The van der Waals surface area contributed by atoms with E-state index in [-0.39, 0.29) is 17.6 Å². The molecule has 31 heavy (non-hydrogen) atoms. The summed E-state index contributed by atoms with van der Waals surface area (Å²) in [5.74, 6) is 0.173. The molecule has 3 aromatic rings. The van der Waals surface area contributed by atoms with Gasteiger partial charge in [-0.25, -0.2) is 0 Å². The quantitative estimate of drug-likeness (QED) is 0.547. The first-order chi connectivity index (χ1) is 15.1. The molecule has 0 radical (unpaired) electrons. The average molecular weight is 474 g/mol. The van der Waals surface area contributed by atoms with Gasteiger partial charge in [0.05, 0.1) is 5.75 Å². The average Bonchev–Trinajstić information content (AvgIpc) is 3.27. The number of amides is 2. The summed E-state index contributed by atoms with van der Waals surface area (Å²) in [4.78, 5) is 28.7. The van der Waals surface area contributed by atoms with Gasteiger partial charge in [-0.2, -0.15) is 0 Å². The van der Waals surface area contributed by atoms with E-state index in [0.29, 0.717) is 36.8 Å². The van der Waals surface area contributed by atoms with Crippen molar-refractivity contribution in [3.05, 3.63) is 65.2 Å². The summed E-state index contributed by atoms with van der Waals surface area (Å²) in [6.07, 6.45) is 0. The van der Waals surface area contributed by atoms with E-state index in [9.17, 15) is 9.59 Å². The maximum Gasteiger partial charge on any atom is 0.254 e. The van der Waals surface area contributed by atoms with E-state index >= 15 is 0 Å². The van der Waals surface area contributed by atoms with Crippen molar-refractivity contribution in [3.8, 4) is 0 Å². The lowest BCUT2D eigenvalue weighted by Crippen LogP contribution is -2.48. The molecule has 1 aliphatic rings. The Morgan fingerprint density at radius 2 is 1.81 bits per heavy atom. The van der Waals surface area contributed by atoms with Crippen molar-refractivity contribution in [1.29, 1.82) is 0 Å². The highest BCUT2D eigenvalue weighted by Gasteiger charge is 2.24. The molecule has 4 rings (SSSR count). The standard InChI is InChI=1S/C21H20ClN5O2S2/c22-16-6-4-5-15(13-16)19(29)26-9-11-27(12-10-26)20-24-25-21(31-20)30-14-18(28)23-17-7-2-1-3-8-17/h1-8,13H,9-12,14H2,(H,23,28). The number of rotatable bonds is 6. The molecule has 1 saturated heterocycles. The van der Waals surface area contributed by atoms with Crippen molar-refractivity contribution in [1.82, 2.24) is 15.1 Å². The summed E-state index contributed by atoms with van der Waals surface area (Å²) in [5.41, 5.74) is 1.38. The number of para-hydroxylation sites is 1. The predicted octanol–water partition coefficient (Wildman–Crippen LogP) is 3.88. The van der Waals surface area contributed by atoms with E-state index in [1.165, 1.54) is 23.1 Å². The number of hydrogen-bond acceptors (Lipinski definition) is 7. The highest BCUT2D eigenvalue weighted by molar-refractivity contribution is 8.01. The summed E-state index contributed by atoms with van der Waals surface area (Å²) in [6, 6.07) is 16.4. The second kappa shape index (κ2) is 10.1. The van der Waals surface area contributed by atoms with Crippen LogP contribution in [0.25, 0.3) is 0 Å². The molecule has 0 atom stereocenters. The molecule has 1 aliphatic heterocycles. The van der Waals surface area contributed by atoms with Crippen LogP contribution in [0.5, 0.6) is 0 Å². The van der Waals surface area contributed by atoms with Gasteiger partial charge in [0.1, 0.15) is 0 Å². The zero-order chi connectivity index (χ0) is 21.6. The largest absolute Gasteiger partial charge is 0.343 e. The molecule has 0 bridgehead atoms. The number of carbonyl (C=O) groups is 2. The zero-order valence-corrected chi connectivity index (χ0v) is 18.9. The van der Waals surface area contributed by atoms with Crippen molar-refractivity contribution in [3.63, 3.8) is 0 Å². The molecular weight excluding hydrogens is 454 g/mol. The lowest BCUT2D eigenvalue weighted by molar-refractivity contribution is -0.113. The van der Waals surface area contributed by atoms with Crippen LogP contribution in [-0.4, -0.2) is 58.8 Å². The summed E-state index contributed by atoms with van der Waals surface area (Å²) < 4.78 is 0.746. The van der Waals surface area contributed by atoms with E-state index in [2.05, 4.69) is 20.4 Å². The van der Waals surface area contributed by atoms with Crippen LogP contribution in [-0.2, 0) is 4.79 Å². The molecule has 0 spiro atoms. The van der Waals surface area contributed by atoms with Gasteiger partial charge in [-0.1, -0.05) is 59.0 Å². The van der Waals surface area contributed by atoms with E-state index in [0.717, 1.165) is 15.2 Å². The Hall–Kier alpha value is -2.62. The first kappa shape index (κ1) is 21.6. The SMILES string of the molecule is O=C(CSc1nnc(N2CCN(C(=O)c3cccc(Cl)c3)CC2)s1)Nc1ccccc1. The minimum atomic E-state index is -0.0823. The lowest BCUT2D eigenvalue weighted by Gasteiger charge is -2.34. The monoisotopic (exact) mass is 473 g/mol. The van der Waals surface area contributed by atoms with Crippen LogP contribution < -0.4 is 10.2 Å². The molecule has 1 N–H and O–H groups in total. The highest BCUT2D eigenvalue weighted by atomic mass is 35.5. The van der Waals surface area contributed by atoms with Gasteiger partial charge in [-0.15, -0.1) is 10.2 Å². The minimum Gasteiger partial charge on any atom is -0.343 e. The third kappa shape index (κ3) is 5.75. The van der Waals surface area contributed by atoms with Crippen LogP contribution in [0.3, 0.4) is 0 Å². The van der Waals surface area contributed by atoms with E-state index in [4.69, 9.17) is 11.6 Å². The Labute approximate surface area is 193 Å². The van der Waals surface area contributed by atoms with Crippen LogP contribution >= 0.6 is 34.7 Å². The van der Waals surface area contributed by atoms with E-state index in [1.54, 1.807) is 24.3 Å². The summed E-state index contributed by atoms with van der Waals surface area (Å²) in [5, 5.41) is 12.7. The van der Waals surface area contributed by atoms with Gasteiger partial charge in [0, 0.05) is 42.5 Å². The molecule has 0 unspecified atom stereocenters. The van der Waals surface area contributed by atoms with Crippen molar-refractivity contribution >= 4 is 57.3 Å². The molecule has 10 heteroatoms. The molecule has 1 aromatic heterocycles. The first-order valence-corrected chi connectivity index (χ1v) is 11.9. The maximum atomic E-state index is 12.7. The molecule has 160 valence electrons. The normalized spacial score (nSPS) is 13.8. The second-order valence-corrected chi connectivity index (χ2v) is 9.46. The Morgan fingerprint density at radius 3 is 2.55 bits per heavy atom. The first-order valence-electron chi connectivity index (χ1n) is 9.69. The van der Waals surface area contributed by atoms with Crippen LogP contribution in [0, 0.1) is 0 Å². The van der Waals surface area contributed by atoms with Gasteiger partial charge in [0.2, 0.25) is 11.0 Å². The molecule has 2 aromatic carbocycles. The molecule has 1 fully saturated rings. The topological polar surface area (TPSA) is 78.4 Å². The van der Waals surface area contributed by atoms with Crippen molar-refractivity contribution in [2.45, 2.75) is 4.34 Å². The smallest absolute Gasteiger partial charge is 0.254 e. The number of nitrogens with one attached hydrogen (secondary N) is 1. The second-order valence-electron chi connectivity index (χ2n) is 6.84.